The highest BCUT2D eigenvalue weighted by molar-refractivity contribution is 6.02. The molecule has 126 valence electrons. The average Bonchev–Trinajstić information content (AvgIpc) is 2.61. The summed E-state index contributed by atoms with van der Waals surface area (Å²) in [6.07, 6.45) is 3.18. The molecule has 0 fully saturated rings. The van der Waals surface area contributed by atoms with Crippen LogP contribution in [-0.2, 0) is 4.79 Å². The molecule has 0 aliphatic carbocycles. The number of para-hydroxylation sites is 1. The van der Waals surface area contributed by atoms with Gasteiger partial charge in [-0.05, 0) is 30.7 Å². The Labute approximate surface area is 141 Å². The van der Waals surface area contributed by atoms with Gasteiger partial charge < -0.3 is 19.5 Å². The zero-order chi connectivity index (χ0) is 17.5. The molecule has 0 heterocycles. The Morgan fingerprint density at radius 3 is 2.25 bits per heavy atom. The van der Waals surface area contributed by atoms with Crippen LogP contribution in [-0.4, -0.2) is 27.2 Å². The van der Waals surface area contributed by atoms with Crippen LogP contribution in [0, 0.1) is 6.92 Å². The maximum absolute atomic E-state index is 12.2. The smallest absolute Gasteiger partial charge is 0.248 e. The molecular weight excluding hydrogens is 306 g/mol. The molecule has 2 aromatic carbocycles. The fourth-order valence-corrected chi connectivity index (χ4v) is 2.26. The van der Waals surface area contributed by atoms with Crippen LogP contribution in [0.1, 0.15) is 11.1 Å². The number of amides is 1. The molecule has 0 radical (unpaired) electrons. The minimum atomic E-state index is -0.240. The summed E-state index contributed by atoms with van der Waals surface area (Å²) in [5.74, 6) is 1.66. The van der Waals surface area contributed by atoms with Gasteiger partial charge in [0.25, 0.3) is 0 Å². The summed E-state index contributed by atoms with van der Waals surface area (Å²) < 4.78 is 15.8. The molecule has 0 spiro atoms. The molecule has 1 amide bonds. The quantitative estimate of drug-likeness (QED) is 0.823. The number of methoxy groups -OCH3 is 3. The Morgan fingerprint density at radius 1 is 0.958 bits per heavy atom. The van der Waals surface area contributed by atoms with Crippen LogP contribution in [0.3, 0.4) is 0 Å². The number of benzene rings is 2. The lowest BCUT2D eigenvalue weighted by atomic mass is 10.1. The third kappa shape index (κ3) is 4.07. The molecule has 0 saturated heterocycles. The summed E-state index contributed by atoms with van der Waals surface area (Å²) >= 11 is 0. The highest BCUT2D eigenvalue weighted by Gasteiger charge is 2.10. The summed E-state index contributed by atoms with van der Waals surface area (Å²) in [6, 6.07) is 11.0. The summed E-state index contributed by atoms with van der Waals surface area (Å²) in [6.45, 7) is 1.89. The Morgan fingerprint density at radius 2 is 1.58 bits per heavy atom. The van der Waals surface area contributed by atoms with Crippen molar-refractivity contribution in [3.8, 4) is 17.2 Å². The van der Waals surface area contributed by atoms with Gasteiger partial charge in [-0.2, -0.15) is 0 Å². The van der Waals surface area contributed by atoms with Crippen molar-refractivity contribution in [2.24, 2.45) is 0 Å². The Kier molecular flexibility index (Phi) is 5.84. The van der Waals surface area contributed by atoms with Crippen LogP contribution in [0.5, 0.6) is 17.2 Å². The lowest BCUT2D eigenvalue weighted by Gasteiger charge is -2.13. The Bertz CT molecular complexity index is 753. The lowest BCUT2D eigenvalue weighted by molar-refractivity contribution is -0.111. The molecule has 0 aliphatic heterocycles. The number of aryl methyl sites for hydroxylation is 1. The molecule has 0 aliphatic rings. The second-order valence-electron chi connectivity index (χ2n) is 5.09. The van der Waals surface area contributed by atoms with E-state index in [0.29, 0.717) is 22.9 Å². The molecule has 0 atom stereocenters. The largest absolute Gasteiger partial charge is 0.496 e. The van der Waals surface area contributed by atoms with Gasteiger partial charge in [-0.1, -0.05) is 18.2 Å². The van der Waals surface area contributed by atoms with E-state index in [1.165, 1.54) is 6.08 Å². The summed E-state index contributed by atoms with van der Waals surface area (Å²) in [5.41, 5.74) is 2.38. The van der Waals surface area contributed by atoms with Crippen molar-refractivity contribution in [1.82, 2.24) is 0 Å². The first-order valence-corrected chi connectivity index (χ1v) is 7.43. The standard InChI is InChI=1S/C19H21NO4/c1-13-11-17(23-3)18(24-4)12-15(13)20-19(21)10-9-14-7-5-6-8-16(14)22-2/h5-12H,1-4H3,(H,20,21)/b10-9+. The highest BCUT2D eigenvalue weighted by atomic mass is 16.5. The summed E-state index contributed by atoms with van der Waals surface area (Å²) in [5, 5.41) is 2.84. The van der Waals surface area contributed by atoms with Crippen molar-refractivity contribution in [1.29, 1.82) is 0 Å². The fraction of sp³-hybridized carbons (Fsp3) is 0.211. The van der Waals surface area contributed by atoms with E-state index < -0.39 is 0 Å². The molecule has 2 aromatic rings. The van der Waals surface area contributed by atoms with Crippen LogP contribution >= 0.6 is 0 Å². The van der Waals surface area contributed by atoms with Gasteiger partial charge in [-0.25, -0.2) is 0 Å². The van der Waals surface area contributed by atoms with E-state index in [-0.39, 0.29) is 5.91 Å². The van der Waals surface area contributed by atoms with E-state index in [9.17, 15) is 4.79 Å². The van der Waals surface area contributed by atoms with E-state index in [1.807, 2.05) is 37.3 Å². The predicted octanol–water partition coefficient (Wildman–Crippen LogP) is 3.67. The number of anilines is 1. The molecule has 5 heteroatoms. The fourth-order valence-electron chi connectivity index (χ4n) is 2.26. The molecule has 0 unspecified atom stereocenters. The van der Waals surface area contributed by atoms with E-state index in [0.717, 1.165) is 11.1 Å². The zero-order valence-electron chi connectivity index (χ0n) is 14.3. The van der Waals surface area contributed by atoms with Crippen LogP contribution < -0.4 is 19.5 Å². The third-order valence-electron chi connectivity index (χ3n) is 3.54. The van der Waals surface area contributed by atoms with Gasteiger partial charge in [0.2, 0.25) is 5.91 Å². The maximum Gasteiger partial charge on any atom is 0.248 e. The van der Waals surface area contributed by atoms with Crippen molar-refractivity contribution in [3.05, 3.63) is 53.6 Å². The van der Waals surface area contributed by atoms with Crippen LogP contribution in [0.25, 0.3) is 6.08 Å². The molecule has 0 bridgehead atoms. The number of rotatable bonds is 6. The zero-order valence-corrected chi connectivity index (χ0v) is 14.3. The van der Waals surface area contributed by atoms with E-state index in [4.69, 9.17) is 14.2 Å². The lowest BCUT2D eigenvalue weighted by Crippen LogP contribution is -2.09. The van der Waals surface area contributed by atoms with Gasteiger partial charge in [0.05, 0.1) is 21.3 Å². The van der Waals surface area contributed by atoms with Gasteiger partial charge in [0.15, 0.2) is 11.5 Å². The van der Waals surface area contributed by atoms with E-state index in [1.54, 1.807) is 33.5 Å². The van der Waals surface area contributed by atoms with Crippen LogP contribution in [0.15, 0.2) is 42.5 Å². The van der Waals surface area contributed by atoms with Crippen molar-refractivity contribution >= 4 is 17.7 Å². The topological polar surface area (TPSA) is 56.8 Å². The average molecular weight is 327 g/mol. The Hall–Kier alpha value is -2.95. The van der Waals surface area contributed by atoms with Crippen molar-refractivity contribution in [2.75, 3.05) is 26.6 Å². The van der Waals surface area contributed by atoms with Crippen molar-refractivity contribution < 1.29 is 19.0 Å². The Balaban J connectivity index is 2.16. The molecular formula is C19H21NO4. The molecule has 1 N–H and O–H groups in total. The summed E-state index contributed by atoms with van der Waals surface area (Å²) in [4.78, 5) is 12.2. The molecule has 5 nitrogen and oxygen atoms in total. The number of ether oxygens (including phenoxy) is 3. The monoisotopic (exact) mass is 327 g/mol. The van der Waals surface area contributed by atoms with E-state index in [2.05, 4.69) is 5.32 Å². The summed E-state index contributed by atoms with van der Waals surface area (Å²) in [7, 11) is 4.73. The first-order valence-electron chi connectivity index (χ1n) is 7.43. The maximum atomic E-state index is 12.2. The normalized spacial score (nSPS) is 10.5. The van der Waals surface area contributed by atoms with Crippen molar-refractivity contribution in [3.63, 3.8) is 0 Å². The number of carbonyl (C=O) groups is 1. The van der Waals surface area contributed by atoms with Crippen LogP contribution in [0.2, 0.25) is 0 Å². The second kappa shape index (κ2) is 8.06. The number of carbonyl (C=O) groups excluding carboxylic acids is 1. The van der Waals surface area contributed by atoms with Gasteiger partial charge in [-0.3, -0.25) is 4.79 Å². The first kappa shape index (κ1) is 17.4. The molecule has 0 saturated carbocycles. The number of hydrogen-bond acceptors (Lipinski definition) is 4. The minimum Gasteiger partial charge on any atom is -0.496 e. The third-order valence-corrected chi connectivity index (χ3v) is 3.54. The number of nitrogens with one attached hydrogen (secondary N) is 1. The van der Waals surface area contributed by atoms with E-state index >= 15 is 0 Å². The number of hydrogen-bond donors (Lipinski definition) is 1. The van der Waals surface area contributed by atoms with Crippen molar-refractivity contribution in [2.45, 2.75) is 6.92 Å². The minimum absolute atomic E-state index is 0.240. The predicted molar refractivity (Wildman–Crippen MR) is 94.9 cm³/mol. The SMILES string of the molecule is COc1ccccc1/C=C/C(=O)Nc1cc(OC)c(OC)cc1C. The highest BCUT2D eigenvalue weighted by Crippen LogP contribution is 2.32. The van der Waals surface area contributed by atoms with Gasteiger partial charge in [-0.15, -0.1) is 0 Å². The second-order valence-corrected chi connectivity index (χ2v) is 5.09. The molecule has 0 aromatic heterocycles. The van der Waals surface area contributed by atoms with Crippen LogP contribution in [0.4, 0.5) is 5.69 Å². The van der Waals surface area contributed by atoms with Gasteiger partial charge >= 0.3 is 0 Å². The molecule has 2 rings (SSSR count). The van der Waals surface area contributed by atoms with Gasteiger partial charge in [0, 0.05) is 23.4 Å². The van der Waals surface area contributed by atoms with Gasteiger partial charge in [0.1, 0.15) is 5.75 Å². The molecule has 24 heavy (non-hydrogen) atoms. The first-order chi connectivity index (χ1) is 11.6.